The molecular weight excluding hydrogens is 435 g/mol. The average Bonchev–Trinajstić information content (AvgIpc) is 3.06. The zero-order valence-electron chi connectivity index (χ0n) is 17.4. The van der Waals surface area contributed by atoms with E-state index in [4.69, 9.17) is 21.1 Å². The molecule has 0 aromatic heterocycles. The topological polar surface area (TPSA) is 67.9 Å². The molecule has 3 aromatic carbocycles. The van der Waals surface area contributed by atoms with E-state index in [1.165, 1.54) is 12.1 Å². The Bertz CT molecular complexity index is 1120. The van der Waals surface area contributed by atoms with Gasteiger partial charge in [0.2, 0.25) is 0 Å². The molecule has 0 radical (unpaired) electrons. The molecule has 0 saturated carbocycles. The maximum absolute atomic E-state index is 13.8. The quantitative estimate of drug-likeness (QED) is 0.557. The number of hydrogen-bond donors (Lipinski definition) is 1. The summed E-state index contributed by atoms with van der Waals surface area (Å²) in [6.07, 6.45) is 0. The minimum atomic E-state index is -1.46. The highest BCUT2D eigenvalue weighted by Gasteiger charge is 2.53. The van der Waals surface area contributed by atoms with E-state index in [0.29, 0.717) is 28.2 Å². The van der Waals surface area contributed by atoms with Crippen LogP contribution in [0.1, 0.15) is 16.7 Å². The van der Waals surface area contributed by atoms with Gasteiger partial charge in [0.1, 0.15) is 17.3 Å². The number of imide groups is 1. The molecule has 1 fully saturated rings. The molecule has 1 N–H and O–H groups in total. The summed E-state index contributed by atoms with van der Waals surface area (Å²) < 4.78 is 23.9. The summed E-state index contributed by atoms with van der Waals surface area (Å²) in [6.45, 7) is -0.0994. The summed E-state index contributed by atoms with van der Waals surface area (Å²) in [5, 5.41) is 3.00. The van der Waals surface area contributed by atoms with Gasteiger partial charge in [0, 0.05) is 5.02 Å². The summed E-state index contributed by atoms with van der Waals surface area (Å²) in [7, 11) is 3.09. The number of carbonyl (C=O) groups excluding carboxylic acids is 2. The van der Waals surface area contributed by atoms with E-state index in [0.717, 1.165) is 11.0 Å². The zero-order chi connectivity index (χ0) is 22.9. The highest BCUT2D eigenvalue weighted by atomic mass is 35.5. The fourth-order valence-corrected chi connectivity index (χ4v) is 4.01. The van der Waals surface area contributed by atoms with Gasteiger partial charge in [-0.1, -0.05) is 41.9 Å². The van der Waals surface area contributed by atoms with Crippen LogP contribution in [0.3, 0.4) is 0 Å². The summed E-state index contributed by atoms with van der Waals surface area (Å²) in [5.74, 6) is 0.260. The van der Waals surface area contributed by atoms with Crippen LogP contribution in [-0.2, 0) is 16.9 Å². The Morgan fingerprint density at radius 2 is 1.44 bits per heavy atom. The molecule has 164 valence electrons. The molecule has 0 aliphatic carbocycles. The SMILES string of the molecule is COc1ccc(C2(c3ccc(OC)cc3)NC(=O)N(Cc3ccc(F)cc3Cl)C2=O)cc1. The average molecular weight is 455 g/mol. The third-order valence-corrected chi connectivity index (χ3v) is 5.85. The number of hydrogen-bond acceptors (Lipinski definition) is 4. The molecule has 0 atom stereocenters. The molecular formula is C24H20ClFN2O4. The third-order valence-electron chi connectivity index (χ3n) is 5.50. The van der Waals surface area contributed by atoms with E-state index in [-0.39, 0.29) is 11.6 Å². The lowest BCUT2D eigenvalue weighted by atomic mass is 9.82. The minimum Gasteiger partial charge on any atom is -0.497 e. The van der Waals surface area contributed by atoms with Crippen LogP contribution in [-0.4, -0.2) is 31.1 Å². The number of nitrogens with zero attached hydrogens (tertiary/aromatic N) is 1. The maximum Gasteiger partial charge on any atom is 0.325 e. The number of halogens is 2. The molecule has 1 saturated heterocycles. The normalized spacial score (nSPS) is 14.9. The van der Waals surface area contributed by atoms with Crippen LogP contribution in [0.15, 0.2) is 66.7 Å². The lowest BCUT2D eigenvalue weighted by Gasteiger charge is -2.28. The second-order valence-electron chi connectivity index (χ2n) is 7.26. The lowest BCUT2D eigenvalue weighted by molar-refractivity contribution is -0.130. The van der Waals surface area contributed by atoms with E-state index in [9.17, 15) is 14.0 Å². The Balaban J connectivity index is 1.80. The smallest absolute Gasteiger partial charge is 0.325 e. The van der Waals surface area contributed by atoms with Crippen LogP contribution in [0.4, 0.5) is 9.18 Å². The van der Waals surface area contributed by atoms with Crippen molar-refractivity contribution in [2.45, 2.75) is 12.1 Å². The van der Waals surface area contributed by atoms with Crippen molar-refractivity contribution in [3.63, 3.8) is 0 Å². The molecule has 3 aromatic rings. The summed E-state index contributed by atoms with van der Waals surface area (Å²) >= 11 is 6.14. The molecule has 8 heteroatoms. The number of carbonyl (C=O) groups is 2. The molecule has 4 rings (SSSR count). The Kier molecular flexibility index (Phi) is 5.76. The predicted molar refractivity (Wildman–Crippen MR) is 117 cm³/mol. The molecule has 32 heavy (non-hydrogen) atoms. The van der Waals surface area contributed by atoms with Crippen molar-refractivity contribution in [1.29, 1.82) is 0 Å². The van der Waals surface area contributed by atoms with Gasteiger partial charge in [0.15, 0.2) is 5.54 Å². The standard InChI is InChI=1S/C24H20ClFN2O4/c1-31-19-9-4-16(5-10-19)24(17-6-11-20(32-2)12-7-17)22(29)28(23(30)27-24)14-15-3-8-18(26)13-21(15)25/h3-13H,14H2,1-2H3,(H,27,30). The molecule has 1 aliphatic rings. The summed E-state index contributed by atoms with van der Waals surface area (Å²) in [5.41, 5.74) is 0.128. The van der Waals surface area contributed by atoms with Gasteiger partial charge in [-0.2, -0.15) is 0 Å². The number of benzene rings is 3. The first-order chi connectivity index (χ1) is 15.4. The highest BCUT2D eigenvalue weighted by molar-refractivity contribution is 6.31. The molecule has 3 amide bonds. The largest absolute Gasteiger partial charge is 0.497 e. The summed E-state index contributed by atoms with van der Waals surface area (Å²) in [6, 6.07) is 17.1. The Labute approximate surface area is 189 Å². The van der Waals surface area contributed by atoms with Gasteiger partial charge in [0.25, 0.3) is 5.91 Å². The van der Waals surface area contributed by atoms with Gasteiger partial charge >= 0.3 is 6.03 Å². The molecule has 6 nitrogen and oxygen atoms in total. The van der Waals surface area contributed by atoms with E-state index >= 15 is 0 Å². The molecule has 1 heterocycles. The van der Waals surface area contributed by atoms with Gasteiger partial charge in [0.05, 0.1) is 20.8 Å². The van der Waals surface area contributed by atoms with Gasteiger partial charge in [-0.05, 0) is 53.1 Å². The maximum atomic E-state index is 13.8. The predicted octanol–water partition coefficient (Wildman–Crippen LogP) is 4.49. The Morgan fingerprint density at radius 1 is 0.906 bits per heavy atom. The van der Waals surface area contributed by atoms with Gasteiger partial charge < -0.3 is 14.8 Å². The summed E-state index contributed by atoms with van der Waals surface area (Å²) in [4.78, 5) is 27.9. The Hall–Kier alpha value is -3.58. The van der Waals surface area contributed by atoms with E-state index < -0.39 is 23.3 Å². The van der Waals surface area contributed by atoms with Crippen LogP contribution < -0.4 is 14.8 Å². The zero-order valence-corrected chi connectivity index (χ0v) is 18.2. The van der Waals surface area contributed by atoms with Crippen molar-refractivity contribution < 1.29 is 23.5 Å². The Morgan fingerprint density at radius 3 is 1.91 bits per heavy atom. The fourth-order valence-electron chi connectivity index (χ4n) is 3.78. The second kappa shape index (κ2) is 8.51. The van der Waals surface area contributed by atoms with Gasteiger partial charge in [-0.25, -0.2) is 9.18 Å². The highest BCUT2D eigenvalue weighted by Crippen LogP contribution is 2.38. The third kappa shape index (κ3) is 3.65. The van der Waals surface area contributed by atoms with Gasteiger partial charge in [-0.3, -0.25) is 9.69 Å². The van der Waals surface area contributed by atoms with Crippen molar-refractivity contribution in [3.8, 4) is 11.5 Å². The first-order valence-corrected chi connectivity index (χ1v) is 10.1. The number of rotatable bonds is 6. The van der Waals surface area contributed by atoms with Crippen molar-refractivity contribution >= 4 is 23.5 Å². The van der Waals surface area contributed by atoms with Crippen molar-refractivity contribution in [3.05, 3.63) is 94.3 Å². The first kappa shape index (κ1) is 21.6. The monoisotopic (exact) mass is 454 g/mol. The van der Waals surface area contributed by atoms with Crippen LogP contribution >= 0.6 is 11.6 Å². The number of nitrogens with one attached hydrogen (secondary N) is 1. The van der Waals surface area contributed by atoms with Crippen molar-refractivity contribution in [2.24, 2.45) is 0 Å². The molecule has 1 aliphatic heterocycles. The lowest BCUT2D eigenvalue weighted by Crippen LogP contribution is -2.45. The van der Waals surface area contributed by atoms with Crippen LogP contribution in [0.5, 0.6) is 11.5 Å². The van der Waals surface area contributed by atoms with E-state index in [1.54, 1.807) is 62.8 Å². The molecule has 0 unspecified atom stereocenters. The van der Waals surface area contributed by atoms with Crippen LogP contribution in [0.2, 0.25) is 5.02 Å². The second-order valence-corrected chi connectivity index (χ2v) is 7.67. The van der Waals surface area contributed by atoms with Crippen LogP contribution in [0.25, 0.3) is 0 Å². The fraction of sp³-hybridized carbons (Fsp3) is 0.167. The van der Waals surface area contributed by atoms with Crippen LogP contribution in [0, 0.1) is 5.82 Å². The number of amides is 3. The van der Waals surface area contributed by atoms with E-state index in [1.807, 2.05) is 0 Å². The molecule has 0 bridgehead atoms. The number of ether oxygens (including phenoxy) is 2. The molecule has 0 spiro atoms. The first-order valence-electron chi connectivity index (χ1n) is 9.76. The number of urea groups is 1. The van der Waals surface area contributed by atoms with Crippen molar-refractivity contribution in [2.75, 3.05) is 14.2 Å². The van der Waals surface area contributed by atoms with Crippen molar-refractivity contribution in [1.82, 2.24) is 10.2 Å². The number of methoxy groups -OCH3 is 2. The minimum absolute atomic E-state index is 0.0994. The van der Waals surface area contributed by atoms with Gasteiger partial charge in [-0.15, -0.1) is 0 Å². The van der Waals surface area contributed by atoms with E-state index in [2.05, 4.69) is 5.32 Å².